The Morgan fingerprint density at radius 3 is 0.893 bits per heavy atom. The summed E-state index contributed by atoms with van der Waals surface area (Å²) in [5.41, 5.74) is 0. The molecule has 0 aliphatic heterocycles. The Bertz CT molecular complexity index is 478. The van der Waals surface area contributed by atoms with E-state index in [1.54, 1.807) is 0 Å². The van der Waals surface area contributed by atoms with Gasteiger partial charge < -0.3 is 10.2 Å². The van der Waals surface area contributed by atoms with E-state index in [1.807, 2.05) is 50.2 Å². The molecule has 158 valence electrons. The quantitative estimate of drug-likeness (QED) is 0.471. The van der Waals surface area contributed by atoms with Gasteiger partial charge in [-0.2, -0.15) is 0 Å². The lowest BCUT2D eigenvalue weighted by Crippen LogP contribution is -2.19. The highest BCUT2D eigenvalue weighted by atomic mass is 16.4. The summed E-state index contributed by atoms with van der Waals surface area (Å²) in [5, 5.41) is 15.9. The predicted octanol–water partition coefficient (Wildman–Crippen LogP) is 6.12. The number of aliphatic carboxylic acids is 2. The molecule has 0 heterocycles. The minimum Gasteiger partial charge on any atom is -0.481 e. The summed E-state index contributed by atoms with van der Waals surface area (Å²) >= 11 is 0. The second kappa shape index (κ2) is 32.0. The zero-order chi connectivity index (χ0) is 22.6. The average Bonchev–Trinajstić information content (AvgIpc) is 2.74. The molecule has 0 unspecified atom stereocenters. The summed E-state index contributed by atoms with van der Waals surface area (Å²) in [6, 6.07) is 12.0. The van der Waals surface area contributed by atoms with Crippen LogP contribution in [0.5, 0.6) is 0 Å². The van der Waals surface area contributed by atoms with Crippen molar-refractivity contribution in [3.8, 4) is 23.7 Å². The van der Waals surface area contributed by atoms with E-state index in [0.717, 1.165) is 32.6 Å². The van der Waals surface area contributed by atoms with Crippen LogP contribution in [0, 0.1) is 29.6 Å². The van der Waals surface area contributed by atoms with Gasteiger partial charge in [0.15, 0.2) is 5.92 Å². The molecule has 0 fully saturated rings. The van der Waals surface area contributed by atoms with E-state index < -0.39 is 17.9 Å². The predicted molar refractivity (Wildman–Crippen MR) is 119 cm³/mol. The fourth-order valence-corrected chi connectivity index (χ4v) is 0.991. The van der Waals surface area contributed by atoms with Gasteiger partial charge in [-0.25, -0.2) is 0 Å². The number of carboxylic acids is 2. The molecule has 1 rings (SSSR count). The van der Waals surface area contributed by atoms with E-state index in [0.29, 0.717) is 0 Å². The van der Waals surface area contributed by atoms with Crippen molar-refractivity contribution in [3.05, 3.63) is 36.4 Å². The van der Waals surface area contributed by atoms with E-state index in [9.17, 15) is 9.59 Å². The highest BCUT2D eigenvalue weighted by Crippen LogP contribution is 1.91. The molecule has 0 saturated heterocycles. The lowest BCUT2D eigenvalue weighted by molar-refractivity contribution is -0.153. The molecule has 4 heteroatoms. The molecule has 4 nitrogen and oxygen atoms in total. The maximum Gasteiger partial charge on any atom is 0.317 e. The van der Waals surface area contributed by atoms with Crippen molar-refractivity contribution in [3.63, 3.8) is 0 Å². The van der Waals surface area contributed by atoms with Crippen LogP contribution in [0.3, 0.4) is 0 Å². The number of hydrogen-bond donors (Lipinski definition) is 2. The first-order valence-electron chi connectivity index (χ1n) is 9.75. The van der Waals surface area contributed by atoms with Crippen LogP contribution < -0.4 is 0 Å². The van der Waals surface area contributed by atoms with Crippen LogP contribution in [0.2, 0.25) is 0 Å². The van der Waals surface area contributed by atoms with Crippen LogP contribution in [-0.4, -0.2) is 22.2 Å². The highest BCUT2D eigenvalue weighted by molar-refractivity contribution is 5.92. The first-order valence-corrected chi connectivity index (χ1v) is 9.75. The molecule has 0 aromatic heterocycles. The summed E-state index contributed by atoms with van der Waals surface area (Å²) in [4.78, 5) is 19.5. The number of rotatable bonds is 2. The Hall–Kier alpha value is -2.72. The van der Waals surface area contributed by atoms with Gasteiger partial charge in [0, 0.05) is 25.7 Å². The Morgan fingerprint density at radius 1 is 0.643 bits per heavy atom. The number of carboxylic acid groups (broad SMARTS) is 2. The molecule has 0 atom stereocenters. The van der Waals surface area contributed by atoms with E-state index in [1.165, 1.54) is 0 Å². The maximum atomic E-state index is 9.76. The van der Waals surface area contributed by atoms with Gasteiger partial charge in [-0.15, -0.1) is 23.7 Å². The molecule has 1 aromatic rings. The SMILES string of the molecule is CC.CC(C(=O)O)C(=O)O.CCC#CCC.CCC#CCC.c1ccccc1. The molecule has 0 bridgehead atoms. The van der Waals surface area contributed by atoms with Crippen LogP contribution in [0.1, 0.15) is 74.1 Å². The molecular weight excluding hydrogens is 352 g/mol. The van der Waals surface area contributed by atoms with Gasteiger partial charge in [0.25, 0.3) is 0 Å². The largest absolute Gasteiger partial charge is 0.481 e. The van der Waals surface area contributed by atoms with Gasteiger partial charge in [-0.1, -0.05) is 77.9 Å². The average molecular weight is 391 g/mol. The number of benzene rings is 1. The van der Waals surface area contributed by atoms with Gasteiger partial charge in [-0.05, 0) is 6.92 Å². The van der Waals surface area contributed by atoms with E-state index in [2.05, 4.69) is 51.4 Å². The van der Waals surface area contributed by atoms with E-state index in [-0.39, 0.29) is 0 Å². The van der Waals surface area contributed by atoms with Crippen molar-refractivity contribution < 1.29 is 19.8 Å². The first-order chi connectivity index (χ1) is 13.4. The number of hydrogen-bond acceptors (Lipinski definition) is 2. The third-order valence-electron chi connectivity index (χ3n) is 2.36. The minimum atomic E-state index is -1.31. The zero-order valence-electron chi connectivity index (χ0n) is 18.6. The molecule has 0 aliphatic carbocycles. The van der Waals surface area contributed by atoms with Gasteiger partial charge in [-0.3, -0.25) is 9.59 Å². The van der Waals surface area contributed by atoms with Gasteiger partial charge in [0.2, 0.25) is 0 Å². The molecular formula is C24H38O4. The minimum absolute atomic E-state index is 0.994. The first kappa shape index (κ1) is 32.9. The molecule has 1 aromatic carbocycles. The standard InChI is InChI=1S/C6H6.2C6H10.C4H6O4.C2H6/c1-2-4-6-5-3-1;2*1-3-5-6-4-2;1-2(3(5)6)4(7)8;1-2/h1-6H;2*3-4H2,1-2H3;2H,1H3,(H,5,6)(H,7,8);1-2H3. The van der Waals surface area contributed by atoms with Crippen molar-refractivity contribution in [1.82, 2.24) is 0 Å². The van der Waals surface area contributed by atoms with Gasteiger partial charge >= 0.3 is 11.9 Å². The lowest BCUT2D eigenvalue weighted by Gasteiger charge is -1.94. The molecule has 2 N–H and O–H groups in total. The number of carbonyl (C=O) groups is 2. The fraction of sp³-hybridized carbons (Fsp3) is 0.500. The molecule has 0 spiro atoms. The van der Waals surface area contributed by atoms with Crippen LogP contribution in [0.15, 0.2) is 36.4 Å². The topological polar surface area (TPSA) is 74.6 Å². The smallest absolute Gasteiger partial charge is 0.317 e. The van der Waals surface area contributed by atoms with Gasteiger partial charge in [0.1, 0.15) is 0 Å². The Kier molecular flexibility index (Phi) is 37.6. The third kappa shape index (κ3) is 38.7. The maximum absolute atomic E-state index is 9.76. The molecule has 0 amide bonds. The second-order valence-electron chi connectivity index (χ2n) is 4.67. The van der Waals surface area contributed by atoms with Crippen LogP contribution >= 0.6 is 0 Å². The van der Waals surface area contributed by atoms with Gasteiger partial charge in [0.05, 0.1) is 0 Å². The van der Waals surface area contributed by atoms with Crippen LogP contribution in [-0.2, 0) is 9.59 Å². The molecule has 0 aliphatic rings. The highest BCUT2D eigenvalue weighted by Gasteiger charge is 2.18. The molecule has 0 saturated carbocycles. The Balaban J connectivity index is -0.000000134. The van der Waals surface area contributed by atoms with E-state index >= 15 is 0 Å². The zero-order valence-corrected chi connectivity index (χ0v) is 18.6. The van der Waals surface area contributed by atoms with Crippen molar-refractivity contribution in [1.29, 1.82) is 0 Å². The summed E-state index contributed by atoms with van der Waals surface area (Å²) in [6.07, 6.45) is 3.98. The van der Waals surface area contributed by atoms with E-state index in [4.69, 9.17) is 10.2 Å². The monoisotopic (exact) mass is 390 g/mol. The lowest BCUT2D eigenvalue weighted by atomic mass is 10.2. The molecule has 0 radical (unpaired) electrons. The Morgan fingerprint density at radius 2 is 0.821 bits per heavy atom. The van der Waals surface area contributed by atoms with Crippen molar-refractivity contribution in [2.45, 2.75) is 74.1 Å². The summed E-state index contributed by atoms with van der Waals surface area (Å²) in [7, 11) is 0. The Labute approximate surface area is 172 Å². The molecule has 28 heavy (non-hydrogen) atoms. The second-order valence-corrected chi connectivity index (χ2v) is 4.67. The fourth-order valence-electron chi connectivity index (χ4n) is 0.991. The van der Waals surface area contributed by atoms with Crippen LogP contribution in [0.4, 0.5) is 0 Å². The van der Waals surface area contributed by atoms with Crippen molar-refractivity contribution in [2.75, 3.05) is 0 Å². The summed E-state index contributed by atoms with van der Waals surface area (Å²) in [6.45, 7) is 13.3. The summed E-state index contributed by atoms with van der Waals surface area (Å²) in [5.74, 6) is 7.88. The normalized spacial score (nSPS) is 7.29. The van der Waals surface area contributed by atoms with Crippen molar-refractivity contribution in [2.24, 2.45) is 5.92 Å². The third-order valence-corrected chi connectivity index (χ3v) is 2.36. The summed E-state index contributed by atoms with van der Waals surface area (Å²) < 4.78 is 0. The van der Waals surface area contributed by atoms with Crippen molar-refractivity contribution >= 4 is 11.9 Å². The van der Waals surface area contributed by atoms with Crippen LogP contribution in [0.25, 0.3) is 0 Å².